The Morgan fingerprint density at radius 2 is 0.625 bits per heavy atom. The van der Waals surface area contributed by atoms with E-state index in [9.17, 15) is 0 Å². The molecule has 0 amide bonds. The molecule has 0 saturated heterocycles. The van der Waals surface area contributed by atoms with Crippen molar-refractivity contribution in [1.29, 1.82) is 0 Å². The zero-order valence-electron chi connectivity index (χ0n) is 46.1. The second-order valence-electron chi connectivity index (χ2n) is 23.0. The summed E-state index contributed by atoms with van der Waals surface area (Å²) in [6.07, 6.45) is 47.1. The maximum atomic E-state index is 4.83. The average Bonchev–Trinajstić information content (AvgIpc) is 4.21. The number of pyridine rings is 6. The van der Waals surface area contributed by atoms with Crippen LogP contribution in [0.4, 0.5) is 0 Å². The Bertz CT molecular complexity index is 3380. The molecule has 0 fully saturated rings. The van der Waals surface area contributed by atoms with Crippen LogP contribution in [-0.2, 0) is 63.2 Å². The van der Waals surface area contributed by atoms with Gasteiger partial charge >= 0.3 is 0 Å². The molecule has 10 aromatic rings. The lowest BCUT2D eigenvalue weighted by molar-refractivity contribution is -0.824. The molecule has 400 valence electrons. The van der Waals surface area contributed by atoms with Gasteiger partial charge in [-0.15, -0.1) is 10.2 Å². The number of aromatic nitrogens is 12. The fraction of sp³-hybridized carbons (Fsp3) is 0.324. The van der Waals surface area contributed by atoms with Gasteiger partial charge in [0.25, 0.3) is 11.1 Å². The topological polar surface area (TPSA) is 84.7 Å². The number of aryl methyl sites for hydroxylation is 4. The third kappa shape index (κ3) is 11.3. The van der Waals surface area contributed by atoms with Crippen molar-refractivity contribution in [2.75, 3.05) is 0 Å². The van der Waals surface area contributed by atoms with Crippen molar-refractivity contribution < 1.29 is 27.4 Å². The van der Waals surface area contributed by atoms with E-state index in [0.29, 0.717) is 13.1 Å². The number of hydrogen-bond donors (Lipinski definition) is 0. The second kappa shape index (κ2) is 23.1. The van der Waals surface area contributed by atoms with Gasteiger partial charge in [0, 0.05) is 146 Å². The zero-order chi connectivity index (χ0) is 53.6. The van der Waals surface area contributed by atoms with Crippen LogP contribution in [0.3, 0.4) is 0 Å². The normalized spacial score (nSPS) is 19.1. The Morgan fingerprint density at radius 3 is 0.963 bits per heavy atom. The van der Waals surface area contributed by atoms with Gasteiger partial charge in [0.2, 0.25) is 13.1 Å². The van der Waals surface area contributed by atoms with Crippen LogP contribution >= 0.6 is 0 Å². The minimum atomic E-state index is -0.504. The molecule has 2 unspecified atom stereocenters. The fourth-order valence-electron chi connectivity index (χ4n) is 12.8. The average molecular weight is 1060 g/mol. The molecule has 22 bridgehead atoms. The Hall–Kier alpha value is -8.38. The number of fused-ring (bicyclic) bond motifs is 4. The van der Waals surface area contributed by atoms with E-state index in [1.807, 2.05) is 0 Å². The molecule has 2 aromatic carbocycles. The van der Waals surface area contributed by atoms with Crippen molar-refractivity contribution >= 4 is 0 Å². The molecule has 18 aliphatic heterocycles. The van der Waals surface area contributed by atoms with Crippen LogP contribution < -0.4 is 27.4 Å². The fourth-order valence-corrected chi connectivity index (χ4v) is 12.8. The summed E-state index contributed by atoms with van der Waals surface area (Å²) in [5.41, 5.74) is 13.1. The SMILES string of the molecule is c1cc2ccc1C[n+]1ccc(cc1)-c1cc[n+](cc1)Cc1ccc(cc1)C13CCc4cn(nn4)CCCCCCCCCCCCn4cc(nn4)CCC2(C[n+]2ccc(cc2)-c2cc[n+](cc2)C1)[n+]1ccc(cc1)-c1cc[n+]3cc1. The molecule has 18 aliphatic rings. The van der Waals surface area contributed by atoms with E-state index in [4.69, 9.17) is 20.6 Å². The highest BCUT2D eigenvalue weighted by atomic mass is 15.4. The molecule has 28 rings (SSSR count). The van der Waals surface area contributed by atoms with Crippen LogP contribution in [0, 0.1) is 0 Å². The van der Waals surface area contributed by atoms with E-state index >= 15 is 0 Å². The van der Waals surface area contributed by atoms with E-state index < -0.39 is 11.1 Å². The first-order chi connectivity index (χ1) is 39.5. The molecule has 2 atom stereocenters. The first-order valence-corrected chi connectivity index (χ1v) is 29.5. The molecular formula is C68H74N12+6. The Morgan fingerprint density at radius 1 is 0.325 bits per heavy atom. The van der Waals surface area contributed by atoms with Crippen LogP contribution in [0.25, 0.3) is 33.4 Å². The lowest BCUT2D eigenvalue weighted by atomic mass is 9.83. The van der Waals surface area contributed by atoms with E-state index in [0.717, 1.165) is 87.2 Å². The molecule has 0 aliphatic carbocycles. The largest absolute Gasteiger partial charge is 0.252 e. The predicted octanol–water partition coefficient (Wildman–Crippen LogP) is 9.39. The highest BCUT2D eigenvalue weighted by molar-refractivity contribution is 5.62. The van der Waals surface area contributed by atoms with E-state index in [1.54, 1.807) is 0 Å². The molecule has 26 heterocycles. The maximum absolute atomic E-state index is 4.83. The van der Waals surface area contributed by atoms with Crippen LogP contribution in [-0.4, -0.2) is 30.0 Å². The summed E-state index contributed by atoms with van der Waals surface area (Å²) < 4.78 is 18.4. The van der Waals surface area contributed by atoms with Gasteiger partial charge in [-0.1, -0.05) is 110 Å². The monoisotopic (exact) mass is 1060 g/mol. The summed E-state index contributed by atoms with van der Waals surface area (Å²) in [7, 11) is 0. The third-order valence-electron chi connectivity index (χ3n) is 17.6. The summed E-state index contributed by atoms with van der Waals surface area (Å²) in [4.78, 5) is 0. The maximum Gasteiger partial charge on any atom is 0.251 e. The van der Waals surface area contributed by atoms with Gasteiger partial charge in [-0.3, -0.25) is 9.36 Å². The van der Waals surface area contributed by atoms with E-state index in [1.165, 1.54) is 95.9 Å². The number of nitrogens with zero attached hydrogens (tertiary/aromatic N) is 12. The Labute approximate surface area is 470 Å². The molecule has 12 nitrogen and oxygen atoms in total. The second-order valence-corrected chi connectivity index (χ2v) is 23.0. The standard InChI is InChI=1S/C68H74N12/c1-2-4-6-8-10-36-80-52-66(70-72-80)20-34-68-54-76-43-27-60(28-44-76)59-25-41-75(42-26-59)53-67(33-19-65-51-79(71-69-65)35-9-7-5-3-1,77-45-29-61(30-46-77)62-31-47-78(68)48-32-62)63-15-11-55(12-16-63)49-73-37-21-57(22-38-73)58-23-39-74(40-24-58)50-56-13-17-64(68)18-14-56/h11-18,21-32,37-48,51-52H,1-10,19-20,33-36,49-50,53-54H2/q+6. The summed E-state index contributed by atoms with van der Waals surface area (Å²) in [5.74, 6) is 0. The minimum Gasteiger partial charge on any atom is -0.252 e. The summed E-state index contributed by atoms with van der Waals surface area (Å²) in [5, 5.41) is 19.1. The molecule has 80 heavy (non-hydrogen) atoms. The third-order valence-corrected chi connectivity index (χ3v) is 17.6. The molecular weight excluding hydrogens is 985 g/mol. The van der Waals surface area contributed by atoms with Crippen molar-refractivity contribution in [3.63, 3.8) is 0 Å². The van der Waals surface area contributed by atoms with Crippen LogP contribution in [0.1, 0.15) is 111 Å². The van der Waals surface area contributed by atoms with Gasteiger partial charge in [0.1, 0.15) is 0 Å². The first-order valence-electron chi connectivity index (χ1n) is 29.5. The van der Waals surface area contributed by atoms with E-state index in [-0.39, 0.29) is 0 Å². The van der Waals surface area contributed by atoms with Gasteiger partial charge in [-0.05, 0) is 46.2 Å². The summed E-state index contributed by atoms with van der Waals surface area (Å²) in [6, 6.07) is 46.1. The van der Waals surface area contributed by atoms with Crippen molar-refractivity contribution in [2.45, 2.75) is 140 Å². The highest BCUT2D eigenvalue weighted by Gasteiger charge is 2.48. The Kier molecular flexibility index (Phi) is 14.8. The van der Waals surface area contributed by atoms with E-state index in [2.05, 4.69) is 245 Å². The predicted molar refractivity (Wildman–Crippen MR) is 305 cm³/mol. The number of hydrogen-bond acceptors (Lipinski definition) is 4. The lowest BCUT2D eigenvalue weighted by Crippen LogP contribution is -2.64. The smallest absolute Gasteiger partial charge is 0.251 e. The highest BCUT2D eigenvalue weighted by Crippen LogP contribution is 2.32. The molecule has 0 spiro atoms. The quantitative estimate of drug-likeness (QED) is 0.142. The lowest BCUT2D eigenvalue weighted by Gasteiger charge is -2.27. The zero-order valence-corrected chi connectivity index (χ0v) is 46.1. The van der Waals surface area contributed by atoms with Gasteiger partial charge in [0.15, 0.2) is 87.5 Å². The minimum absolute atomic E-state index is 0.504. The van der Waals surface area contributed by atoms with Crippen LogP contribution in [0.5, 0.6) is 0 Å². The number of rotatable bonds is 0. The molecule has 12 heteroatoms. The van der Waals surface area contributed by atoms with Crippen molar-refractivity contribution in [2.24, 2.45) is 0 Å². The molecule has 8 aromatic heterocycles. The van der Waals surface area contributed by atoms with Crippen molar-refractivity contribution in [3.05, 3.63) is 242 Å². The molecule has 0 N–H and O–H groups in total. The molecule has 0 radical (unpaired) electrons. The van der Waals surface area contributed by atoms with Crippen molar-refractivity contribution in [3.8, 4) is 33.4 Å². The molecule has 0 saturated carbocycles. The van der Waals surface area contributed by atoms with Gasteiger partial charge in [-0.25, -0.2) is 9.13 Å². The number of benzene rings is 2. The first kappa shape index (κ1) is 51.1. The Balaban J connectivity index is 0.977. The van der Waals surface area contributed by atoms with Crippen LogP contribution in [0.15, 0.2) is 208 Å². The van der Waals surface area contributed by atoms with Gasteiger partial charge in [0.05, 0.1) is 11.4 Å². The van der Waals surface area contributed by atoms with Crippen molar-refractivity contribution in [1.82, 2.24) is 30.0 Å². The van der Waals surface area contributed by atoms with Gasteiger partial charge < -0.3 is 0 Å². The van der Waals surface area contributed by atoms with Crippen LogP contribution in [0.2, 0.25) is 0 Å². The van der Waals surface area contributed by atoms with Gasteiger partial charge in [-0.2, -0.15) is 18.3 Å². The summed E-state index contributed by atoms with van der Waals surface area (Å²) >= 11 is 0. The summed E-state index contributed by atoms with van der Waals surface area (Å²) in [6.45, 7) is 4.74.